The second-order valence-corrected chi connectivity index (χ2v) is 7.19. The molecule has 0 saturated carbocycles. The van der Waals surface area contributed by atoms with Crippen LogP contribution < -0.4 is 4.72 Å². The van der Waals surface area contributed by atoms with Crippen LogP contribution in [0, 0.1) is 11.7 Å². The van der Waals surface area contributed by atoms with Crippen LogP contribution in [-0.2, 0) is 10.0 Å². The summed E-state index contributed by atoms with van der Waals surface area (Å²) in [5.74, 6) is -0.616. The Morgan fingerprint density at radius 2 is 2.12 bits per heavy atom. The smallest absolute Gasteiger partial charge is 0.352 e. The van der Waals surface area contributed by atoms with Crippen LogP contribution in [0.1, 0.15) is 16.3 Å². The molecule has 3 aromatic rings. The molecule has 0 saturated heterocycles. The van der Waals surface area contributed by atoms with E-state index in [1.807, 2.05) is 0 Å². The third kappa shape index (κ3) is 3.32. The molecule has 9 nitrogen and oxygen atoms in total. The number of hydrogen-bond donors (Lipinski definition) is 4. The molecule has 2 aromatic heterocycles. The van der Waals surface area contributed by atoms with E-state index in [2.05, 4.69) is 19.9 Å². The van der Waals surface area contributed by atoms with E-state index in [0.717, 1.165) is 12.3 Å². The molecule has 0 spiro atoms. The summed E-state index contributed by atoms with van der Waals surface area (Å²) in [6.45, 7) is 1.76. The lowest BCUT2D eigenvalue weighted by Crippen LogP contribution is -2.12. The molecule has 0 radical (unpaired) electrons. The molecular formula is C14H13N5O4S2. The fourth-order valence-electron chi connectivity index (χ4n) is 2.26. The molecule has 25 heavy (non-hydrogen) atoms. The lowest BCUT2D eigenvalue weighted by Gasteiger charge is -2.09. The lowest BCUT2D eigenvalue weighted by atomic mass is 10.3. The maximum Gasteiger partial charge on any atom is 0.352 e. The fraction of sp³-hybridized carbons (Fsp3) is 0.0714. The minimum Gasteiger partial charge on any atom is -0.477 e. The number of carboxylic acids is 1. The first kappa shape index (κ1) is 16.9. The van der Waals surface area contributed by atoms with Crippen molar-refractivity contribution >= 4 is 33.9 Å². The van der Waals surface area contributed by atoms with Gasteiger partial charge in [-0.2, -0.15) is 5.10 Å². The number of carboxylic acid groups (broad SMARTS) is 1. The Morgan fingerprint density at radius 1 is 1.36 bits per heavy atom. The maximum atomic E-state index is 12.4. The Morgan fingerprint density at radius 3 is 2.72 bits per heavy atom. The molecule has 3 rings (SSSR count). The van der Waals surface area contributed by atoms with E-state index >= 15 is 0 Å². The van der Waals surface area contributed by atoms with Gasteiger partial charge in [-0.25, -0.2) is 13.2 Å². The first-order chi connectivity index (χ1) is 11.8. The zero-order valence-corrected chi connectivity index (χ0v) is 14.5. The Hall–Kier alpha value is -2.92. The van der Waals surface area contributed by atoms with Gasteiger partial charge in [0.1, 0.15) is 16.4 Å². The zero-order chi connectivity index (χ0) is 18.2. The quantitative estimate of drug-likeness (QED) is 0.502. The molecule has 11 heteroatoms. The molecule has 1 aromatic carbocycles. The number of rotatable bonds is 5. The summed E-state index contributed by atoms with van der Waals surface area (Å²) in [6, 6.07) is 7.65. The Balaban J connectivity index is 1.94. The Labute approximate surface area is 147 Å². The standard InChI is InChI=1S/C14H13N5O4S2/c1-8-16-17-14(24)19(8)10-4-2-3-9(5-10)18-25(22,23)11-6-12(13(20)21)15-7-11/h2-7,15,18H,1H3,(H,17,24)(H,20,21). The molecular weight excluding hydrogens is 366 g/mol. The topological polar surface area (TPSA) is 133 Å². The lowest BCUT2D eigenvalue weighted by molar-refractivity contribution is 0.0691. The molecule has 4 N–H and O–H groups in total. The largest absolute Gasteiger partial charge is 0.477 e. The van der Waals surface area contributed by atoms with Crippen LogP contribution in [-0.4, -0.2) is 39.2 Å². The van der Waals surface area contributed by atoms with Crippen molar-refractivity contribution in [3.05, 3.63) is 52.8 Å². The number of anilines is 1. The molecule has 0 unspecified atom stereocenters. The van der Waals surface area contributed by atoms with Crippen LogP contribution >= 0.6 is 12.2 Å². The van der Waals surface area contributed by atoms with Crippen molar-refractivity contribution < 1.29 is 18.3 Å². The van der Waals surface area contributed by atoms with Gasteiger partial charge in [-0.15, -0.1) is 0 Å². The van der Waals surface area contributed by atoms with Crippen molar-refractivity contribution in [2.75, 3.05) is 4.72 Å². The third-order valence-corrected chi connectivity index (χ3v) is 5.03. The predicted octanol–water partition coefficient (Wildman–Crippen LogP) is 2.07. The first-order valence-electron chi connectivity index (χ1n) is 6.97. The number of aromatic nitrogens is 4. The molecule has 0 aliphatic rings. The summed E-state index contributed by atoms with van der Waals surface area (Å²) in [4.78, 5) is 13.1. The van der Waals surface area contributed by atoms with Crippen LogP contribution in [0.25, 0.3) is 5.69 Å². The highest BCUT2D eigenvalue weighted by atomic mass is 32.2. The molecule has 0 amide bonds. The fourth-order valence-corrected chi connectivity index (χ4v) is 3.58. The van der Waals surface area contributed by atoms with Crippen LogP contribution in [0.5, 0.6) is 0 Å². The summed E-state index contributed by atoms with van der Waals surface area (Å²) in [5, 5.41) is 15.6. The van der Waals surface area contributed by atoms with Crippen molar-refractivity contribution in [2.45, 2.75) is 11.8 Å². The Kier molecular flexibility index (Phi) is 4.18. The van der Waals surface area contributed by atoms with Crippen LogP contribution in [0.4, 0.5) is 5.69 Å². The SMILES string of the molecule is Cc1n[nH]c(=S)n1-c1cccc(NS(=O)(=O)c2c[nH]c(C(=O)O)c2)c1. The number of H-pyrrole nitrogens is 2. The van der Waals surface area contributed by atoms with Gasteiger partial charge in [-0.1, -0.05) is 6.07 Å². The maximum absolute atomic E-state index is 12.4. The van der Waals surface area contributed by atoms with E-state index in [-0.39, 0.29) is 10.6 Å². The van der Waals surface area contributed by atoms with Crippen LogP contribution in [0.2, 0.25) is 0 Å². The van der Waals surface area contributed by atoms with Gasteiger partial charge < -0.3 is 10.1 Å². The summed E-state index contributed by atoms with van der Waals surface area (Å²) in [5.41, 5.74) is 0.726. The zero-order valence-electron chi connectivity index (χ0n) is 12.8. The summed E-state index contributed by atoms with van der Waals surface area (Å²) in [6.07, 6.45) is 1.12. The van der Waals surface area contributed by atoms with E-state index in [0.29, 0.717) is 22.0 Å². The Bertz CT molecular complexity index is 1110. The van der Waals surface area contributed by atoms with Crippen molar-refractivity contribution in [3.63, 3.8) is 0 Å². The van der Waals surface area contributed by atoms with Gasteiger partial charge in [0, 0.05) is 6.20 Å². The minimum atomic E-state index is -3.94. The van der Waals surface area contributed by atoms with Gasteiger partial charge >= 0.3 is 5.97 Å². The van der Waals surface area contributed by atoms with E-state index < -0.39 is 16.0 Å². The van der Waals surface area contributed by atoms with Gasteiger partial charge in [-0.3, -0.25) is 14.4 Å². The first-order valence-corrected chi connectivity index (χ1v) is 8.86. The number of nitrogens with one attached hydrogen (secondary N) is 3. The van der Waals surface area contributed by atoms with Gasteiger partial charge in [0.2, 0.25) is 0 Å². The van der Waals surface area contributed by atoms with Crippen molar-refractivity contribution in [1.29, 1.82) is 0 Å². The van der Waals surface area contributed by atoms with Gasteiger partial charge in [0.15, 0.2) is 4.77 Å². The number of aryl methyl sites for hydroxylation is 1. The summed E-state index contributed by atoms with van der Waals surface area (Å²) in [7, 11) is -3.94. The average Bonchev–Trinajstić information content (AvgIpc) is 3.15. The van der Waals surface area contributed by atoms with Crippen molar-refractivity contribution in [2.24, 2.45) is 0 Å². The highest BCUT2D eigenvalue weighted by molar-refractivity contribution is 7.92. The number of aromatic carboxylic acids is 1. The van der Waals surface area contributed by atoms with Crippen LogP contribution in [0.3, 0.4) is 0 Å². The molecule has 130 valence electrons. The number of benzene rings is 1. The second kappa shape index (κ2) is 6.18. The van der Waals surface area contributed by atoms with Crippen molar-refractivity contribution in [3.8, 4) is 5.69 Å². The van der Waals surface area contributed by atoms with Crippen LogP contribution in [0.15, 0.2) is 41.4 Å². The highest BCUT2D eigenvalue weighted by Crippen LogP contribution is 2.20. The van der Waals surface area contributed by atoms with Gasteiger partial charge in [0.25, 0.3) is 10.0 Å². The normalized spacial score (nSPS) is 11.4. The molecule has 0 bridgehead atoms. The van der Waals surface area contributed by atoms with E-state index in [9.17, 15) is 13.2 Å². The summed E-state index contributed by atoms with van der Waals surface area (Å²) >= 11 is 5.16. The number of nitrogens with zero attached hydrogens (tertiary/aromatic N) is 2. The van der Waals surface area contributed by atoms with E-state index in [4.69, 9.17) is 17.3 Å². The highest BCUT2D eigenvalue weighted by Gasteiger charge is 2.18. The van der Waals surface area contributed by atoms with Gasteiger partial charge in [0.05, 0.1) is 11.4 Å². The average molecular weight is 379 g/mol. The number of hydrogen-bond acceptors (Lipinski definition) is 5. The van der Waals surface area contributed by atoms with Crippen molar-refractivity contribution in [1.82, 2.24) is 19.7 Å². The summed E-state index contributed by atoms with van der Waals surface area (Å²) < 4.78 is 29.3. The van der Waals surface area contributed by atoms with E-state index in [1.165, 1.54) is 0 Å². The monoisotopic (exact) mass is 379 g/mol. The minimum absolute atomic E-state index is 0.175. The third-order valence-electron chi connectivity index (χ3n) is 3.39. The predicted molar refractivity (Wildman–Crippen MR) is 92.0 cm³/mol. The number of carbonyl (C=O) groups is 1. The second-order valence-electron chi connectivity index (χ2n) is 5.12. The molecule has 0 aliphatic carbocycles. The molecule has 0 atom stereocenters. The van der Waals surface area contributed by atoms with Gasteiger partial charge in [-0.05, 0) is 43.4 Å². The number of sulfonamides is 1. The number of aromatic amines is 2. The molecule has 2 heterocycles. The molecule has 0 fully saturated rings. The molecule has 0 aliphatic heterocycles. The van der Waals surface area contributed by atoms with E-state index in [1.54, 1.807) is 35.8 Å².